The molecule has 1 aromatic carbocycles. The summed E-state index contributed by atoms with van der Waals surface area (Å²) in [6, 6.07) is 6.19. The number of halogens is 1. The minimum absolute atomic E-state index is 0.0904. The maximum Gasteiger partial charge on any atom is 0.0692 e. The second-order valence-electron chi connectivity index (χ2n) is 4.06. The predicted octanol–water partition coefficient (Wildman–Crippen LogP) is 2.88. The average molecular weight is 302 g/mol. The van der Waals surface area contributed by atoms with E-state index in [0.29, 0.717) is 5.25 Å². The second-order valence-corrected chi connectivity index (χ2v) is 6.46. The molecular formula is C12H16BrNOS. The number of hydrogen-bond acceptors (Lipinski definition) is 3. The van der Waals surface area contributed by atoms with Crippen LogP contribution in [-0.2, 0) is 6.61 Å². The SMILES string of the molecule is CC1CN(c2ccc(CO)c(Br)c2)CCS1. The molecule has 0 bridgehead atoms. The topological polar surface area (TPSA) is 23.5 Å². The summed E-state index contributed by atoms with van der Waals surface area (Å²) in [5.41, 5.74) is 2.19. The predicted molar refractivity (Wildman–Crippen MR) is 74.2 cm³/mol. The molecule has 1 aromatic rings. The molecule has 88 valence electrons. The molecule has 1 aliphatic rings. The molecule has 1 unspecified atom stereocenters. The third-order valence-corrected chi connectivity index (χ3v) is 4.69. The van der Waals surface area contributed by atoms with Crippen molar-refractivity contribution >= 4 is 33.4 Å². The Hall–Kier alpha value is -0.190. The molecule has 0 aliphatic carbocycles. The molecule has 1 N–H and O–H groups in total. The molecule has 16 heavy (non-hydrogen) atoms. The maximum absolute atomic E-state index is 9.11. The van der Waals surface area contributed by atoms with Crippen LogP contribution < -0.4 is 4.90 Å². The van der Waals surface area contributed by atoms with Crippen LogP contribution in [0.4, 0.5) is 5.69 Å². The molecule has 2 rings (SSSR count). The fraction of sp³-hybridized carbons (Fsp3) is 0.500. The molecule has 0 spiro atoms. The molecule has 1 aliphatic heterocycles. The minimum Gasteiger partial charge on any atom is -0.392 e. The van der Waals surface area contributed by atoms with Crippen molar-refractivity contribution in [2.45, 2.75) is 18.8 Å². The van der Waals surface area contributed by atoms with Gasteiger partial charge in [0.15, 0.2) is 0 Å². The molecule has 0 amide bonds. The lowest BCUT2D eigenvalue weighted by atomic mass is 10.2. The fourth-order valence-corrected chi connectivity index (χ4v) is 3.42. The Kier molecular flexibility index (Phi) is 4.16. The molecule has 1 heterocycles. The number of rotatable bonds is 2. The van der Waals surface area contributed by atoms with Crippen LogP contribution in [0.3, 0.4) is 0 Å². The number of thioether (sulfide) groups is 1. The highest BCUT2D eigenvalue weighted by Crippen LogP contribution is 2.28. The van der Waals surface area contributed by atoms with Gasteiger partial charge in [-0.2, -0.15) is 11.8 Å². The number of nitrogens with zero attached hydrogens (tertiary/aromatic N) is 1. The van der Waals surface area contributed by atoms with E-state index >= 15 is 0 Å². The number of anilines is 1. The third-order valence-electron chi connectivity index (χ3n) is 2.81. The van der Waals surface area contributed by atoms with Gasteiger partial charge in [0, 0.05) is 34.3 Å². The zero-order chi connectivity index (χ0) is 11.5. The Morgan fingerprint density at radius 1 is 1.56 bits per heavy atom. The first-order valence-corrected chi connectivity index (χ1v) is 7.30. The highest BCUT2D eigenvalue weighted by molar-refractivity contribution is 9.10. The summed E-state index contributed by atoms with van der Waals surface area (Å²) in [4.78, 5) is 2.41. The number of hydrogen-bond donors (Lipinski definition) is 1. The summed E-state index contributed by atoms with van der Waals surface area (Å²) >= 11 is 5.53. The van der Waals surface area contributed by atoms with Crippen LogP contribution in [0.2, 0.25) is 0 Å². The van der Waals surface area contributed by atoms with Crippen molar-refractivity contribution in [3.8, 4) is 0 Å². The van der Waals surface area contributed by atoms with Crippen LogP contribution >= 0.6 is 27.7 Å². The maximum atomic E-state index is 9.11. The fourth-order valence-electron chi connectivity index (χ4n) is 1.91. The Morgan fingerprint density at radius 3 is 3.00 bits per heavy atom. The van der Waals surface area contributed by atoms with Crippen molar-refractivity contribution in [2.75, 3.05) is 23.7 Å². The zero-order valence-electron chi connectivity index (χ0n) is 9.32. The Bertz CT molecular complexity index is 372. The monoisotopic (exact) mass is 301 g/mol. The zero-order valence-corrected chi connectivity index (χ0v) is 11.7. The molecular weight excluding hydrogens is 286 g/mol. The molecule has 4 heteroatoms. The van der Waals surface area contributed by atoms with Gasteiger partial charge in [0.05, 0.1) is 6.61 Å². The van der Waals surface area contributed by atoms with Gasteiger partial charge in [0.1, 0.15) is 0 Å². The summed E-state index contributed by atoms with van der Waals surface area (Å²) in [6.45, 7) is 4.58. The average Bonchev–Trinajstić information content (AvgIpc) is 2.29. The van der Waals surface area contributed by atoms with Crippen LogP contribution in [-0.4, -0.2) is 29.2 Å². The summed E-state index contributed by atoms with van der Waals surface area (Å²) in [5, 5.41) is 9.81. The van der Waals surface area contributed by atoms with Gasteiger partial charge in [-0.3, -0.25) is 0 Å². The van der Waals surface area contributed by atoms with Gasteiger partial charge in [0.2, 0.25) is 0 Å². The van der Waals surface area contributed by atoms with Gasteiger partial charge in [-0.1, -0.05) is 28.9 Å². The van der Waals surface area contributed by atoms with E-state index in [1.807, 2.05) is 17.8 Å². The Balaban J connectivity index is 2.17. The summed E-state index contributed by atoms with van der Waals surface area (Å²) in [5.74, 6) is 1.19. The smallest absolute Gasteiger partial charge is 0.0692 e. The highest BCUT2D eigenvalue weighted by Gasteiger charge is 2.17. The van der Waals surface area contributed by atoms with Crippen molar-refractivity contribution in [3.05, 3.63) is 28.2 Å². The summed E-state index contributed by atoms with van der Waals surface area (Å²) < 4.78 is 0.998. The lowest BCUT2D eigenvalue weighted by Crippen LogP contribution is -2.36. The van der Waals surface area contributed by atoms with Crippen LogP contribution in [0.15, 0.2) is 22.7 Å². The lowest BCUT2D eigenvalue weighted by Gasteiger charge is -2.32. The van der Waals surface area contributed by atoms with Gasteiger partial charge < -0.3 is 10.0 Å². The number of aliphatic hydroxyl groups excluding tert-OH is 1. The summed E-state index contributed by atoms with van der Waals surface area (Å²) in [6.07, 6.45) is 0. The van der Waals surface area contributed by atoms with E-state index in [4.69, 9.17) is 5.11 Å². The van der Waals surface area contributed by atoms with E-state index in [-0.39, 0.29) is 6.61 Å². The van der Waals surface area contributed by atoms with Gasteiger partial charge >= 0.3 is 0 Å². The largest absolute Gasteiger partial charge is 0.392 e. The van der Waals surface area contributed by atoms with E-state index in [0.717, 1.165) is 23.1 Å². The standard InChI is InChI=1S/C12H16BrNOS/c1-9-7-14(4-5-16-9)11-3-2-10(8-15)12(13)6-11/h2-3,6,9,15H,4-5,7-8H2,1H3. The normalized spacial score (nSPS) is 21.2. The van der Waals surface area contributed by atoms with Crippen molar-refractivity contribution in [1.82, 2.24) is 0 Å². The second kappa shape index (κ2) is 5.43. The summed E-state index contributed by atoms with van der Waals surface area (Å²) in [7, 11) is 0. The van der Waals surface area contributed by atoms with Crippen molar-refractivity contribution < 1.29 is 5.11 Å². The van der Waals surface area contributed by atoms with Crippen molar-refractivity contribution in [3.63, 3.8) is 0 Å². The van der Waals surface area contributed by atoms with Crippen LogP contribution in [0.5, 0.6) is 0 Å². The quantitative estimate of drug-likeness (QED) is 0.909. The third kappa shape index (κ3) is 2.73. The van der Waals surface area contributed by atoms with E-state index in [2.05, 4.69) is 39.9 Å². The molecule has 1 fully saturated rings. The van der Waals surface area contributed by atoms with Gasteiger partial charge in [-0.05, 0) is 17.7 Å². The van der Waals surface area contributed by atoms with E-state index < -0.39 is 0 Å². The molecule has 2 nitrogen and oxygen atoms in total. The molecule has 1 atom stereocenters. The molecule has 0 aromatic heterocycles. The molecule has 0 radical (unpaired) electrons. The first kappa shape index (κ1) is 12.3. The van der Waals surface area contributed by atoms with Gasteiger partial charge in [-0.25, -0.2) is 0 Å². The molecule has 1 saturated heterocycles. The van der Waals surface area contributed by atoms with Gasteiger partial charge in [-0.15, -0.1) is 0 Å². The van der Waals surface area contributed by atoms with Crippen LogP contribution in [0.25, 0.3) is 0 Å². The number of aliphatic hydroxyl groups is 1. The van der Waals surface area contributed by atoms with E-state index in [9.17, 15) is 0 Å². The van der Waals surface area contributed by atoms with Gasteiger partial charge in [0.25, 0.3) is 0 Å². The lowest BCUT2D eigenvalue weighted by molar-refractivity contribution is 0.281. The van der Waals surface area contributed by atoms with Crippen molar-refractivity contribution in [1.29, 1.82) is 0 Å². The first-order chi connectivity index (χ1) is 7.70. The van der Waals surface area contributed by atoms with E-state index in [1.165, 1.54) is 11.4 Å². The van der Waals surface area contributed by atoms with Crippen molar-refractivity contribution in [2.24, 2.45) is 0 Å². The minimum atomic E-state index is 0.0904. The van der Waals surface area contributed by atoms with Crippen LogP contribution in [0, 0.1) is 0 Å². The molecule has 0 saturated carbocycles. The number of benzene rings is 1. The van der Waals surface area contributed by atoms with Crippen LogP contribution in [0.1, 0.15) is 12.5 Å². The Labute approximate surface area is 109 Å². The highest BCUT2D eigenvalue weighted by atomic mass is 79.9. The Morgan fingerprint density at radius 2 is 2.38 bits per heavy atom. The van der Waals surface area contributed by atoms with E-state index in [1.54, 1.807) is 0 Å². The first-order valence-electron chi connectivity index (χ1n) is 5.46.